The summed E-state index contributed by atoms with van der Waals surface area (Å²) in [4.78, 5) is 0. The molecule has 1 aliphatic rings. The van der Waals surface area contributed by atoms with Gasteiger partial charge in [0.25, 0.3) is 0 Å². The molecule has 2 nitrogen and oxygen atoms in total. The highest BCUT2D eigenvalue weighted by atomic mass is 16.4. The molecule has 0 aromatic heterocycles. The Morgan fingerprint density at radius 1 is 1.62 bits per heavy atom. The molecule has 8 heavy (non-hydrogen) atoms. The van der Waals surface area contributed by atoms with Crippen molar-refractivity contribution in [2.45, 2.75) is 25.7 Å². The minimum Gasteiger partial charge on any atom is -0.411 e. The summed E-state index contributed by atoms with van der Waals surface area (Å²) in [5.74, 6) is 0. The third-order valence-corrected chi connectivity index (χ3v) is 1.39. The third kappa shape index (κ3) is 1.22. The van der Waals surface area contributed by atoms with Crippen LogP contribution in [0, 0.1) is 6.42 Å². The molecule has 0 atom stereocenters. The van der Waals surface area contributed by atoms with Gasteiger partial charge in [-0.2, -0.15) is 0 Å². The van der Waals surface area contributed by atoms with E-state index in [1.54, 1.807) is 0 Å². The van der Waals surface area contributed by atoms with Crippen LogP contribution in [0.2, 0.25) is 0 Å². The highest BCUT2D eigenvalue weighted by Gasteiger charge is 2.05. The van der Waals surface area contributed by atoms with Gasteiger partial charge in [-0.1, -0.05) is 5.16 Å². The summed E-state index contributed by atoms with van der Waals surface area (Å²) < 4.78 is 0. The molecule has 0 bridgehead atoms. The van der Waals surface area contributed by atoms with Gasteiger partial charge in [-0.25, -0.2) is 0 Å². The van der Waals surface area contributed by atoms with Crippen LogP contribution in [-0.2, 0) is 0 Å². The van der Waals surface area contributed by atoms with Crippen LogP contribution in [-0.4, -0.2) is 10.9 Å². The Kier molecular flexibility index (Phi) is 1.89. The Balaban J connectivity index is 2.33. The molecule has 0 unspecified atom stereocenters. The van der Waals surface area contributed by atoms with Gasteiger partial charge in [0.05, 0.1) is 5.71 Å². The zero-order chi connectivity index (χ0) is 5.82. The average Bonchev–Trinajstić information content (AvgIpc) is 1.90. The van der Waals surface area contributed by atoms with Gasteiger partial charge in [0, 0.05) is 0 Å². The lowest BCUT2D eigenvalue weighted by molar-refractivity contribution is 0.315. The predicted octanol–water partition coefficient (Wildman–Crippen LogP) is 1.59. The van der Waals surface area contributed by atoms with E-state index in [2.05, 4.69) is 11.6 Å². The monoisotopic (exact) mass is 112 g/mol. The summed E-state index contributed by atoms with van der Waals surface area (Å²) in [6.07, 6.45) is 6.35. The average molecular weight is 112 g/mol. The van der Waals surface area contributed by atoms with Gasteiger partial charge in [-0.3, -0.25) is 0 Å². The van der Waals surface area contributed by atoms with E-state index in [-0.39, 0.29) is 0 Å². The van der Waals surface area contributed by atoms with Crippen molar-refractivity contribution in [1.29, 1.82) is 0 Å². The SMILES string of the molecule is ON=C1C[CH]CCC1. The fraction of sp³-hybridized carbons (Fsp3) is 0.667. The zero-order valence-electron chi connectivity index (χ0n) is 4.80. The third-order valence-electron chi connectivity index (χ3n) is 1.39. The molecule has 0 aromatic rings. The van der Waals surface area contributed by atoms with Gasteiger partial charge in [-0.15, -0.1) is 0 Å². The van der Waals surface area contributed by atoms with Crippen molar-refractivity contribution in [3.05, 3.63) is 6.42 Å². The molecule has 1 aliphatic carbocycles. The van der Waals surface area contributed by atoms with E-state index in [4.69, 9.17) is 5.21 Å². The van der Waals surface area contributed by atoms with E-state index in [0.29, 0.717) is 0 Å². The first kappa shape index (κ1) is 5.60. The molecule has 1 saturated carbocycles. The molecule has 1 N–H and O–H groups in total. The molecule has 0 saturated heterocycles. The summed E-state index contributed by atoms with van der Waals surface area (Å²) >= 11 is 0. The molecule has 0 aromatic carbocycles. The molecule has 0 aliphatic heterocycles. The van der Waals surface area contributed by atoms with Gasteiger partial charge in [0.2, 0.25) is 0 Å². The second-order valence-electron chi connectivity index (χ2n) is 2.05. The summed E-state index contributed by atoms with van der Waals surface area (Å²) in [5, 5.41) is 11.4. The Labute approximate surface area is 49.2 Å². The first-order valence-corrected chi connectivity index (χ1v) is 2.95. The summed E-state index contributed by atoms with van der Waals surface area (Å²) in [5.41, 5.74) is 0.927. The van der Waals surface area contributed by atoms with Crippen LogP contribution in [0.15, 0.2) is 5.16 Å². The van der Waals surface area contributed by atoms with Crippen molar-refractivity contribution < 1.29 is 5.21 Å². The number of hydrogen-bond donors (Lipinski definition) is 1. The Bertz CT molecular complexity index is 90.7. The van der Waals surface area contributed by atoms with Crippen molar-refractivity contribution in [2.75, 3.05) is 0 Å². The number of oxime groups is 1. The van der Waals surface area contributed by atoms with Crippen LogP contribution in [0.4, 0.5) is 0 Å². The van der Waals surface area contributed by atoms with Crippen LogP contribution in [0.3, 0.4) is 0 Å². The minimum atomic E-state index is 0.885. The molecule has 1 rings (SSSR count). The molecule has 1 radical (unpaired) electrons. The highest BCUT2D eigenvalue weighted by Crippen LogP contribution is 2.12. The maximum Gasteiger partial charge on any atom is 0.0573 e. The minimum absolute atomic E-state index is 0.885. The molecule has 0 amide bonds. The maximum absolute atomic E-state index is 8.26. The number of hydrogen-bond acceptors (Lipinski definition) is 2. The van der Waals surface area contributed by atoms with Crippen LogP contribution in [0.1, 0.15) is 25.7 Å². The molecule has 1 fully saturated rings. The summed E-state index contributed by atoms with van der Waals surface area (Å²) in [6.45, 7) is 0. The quantitative estimate of drug-likeness (QED) is 0.374. The first-order valence-electron chi connectivity index (χ1n) is 2.95. The van der Waals surface area contributed by atoms with Crippen LogP contribution < -0.4 is 0 Å². The van der Waals surface area contributed by atoms with Crippen molar-refractivity contribution >= 4 is 5.71 Å². The molecular weight excluding hydrogens is 102 g/mol. The van der Waals surface area contributed by atoms with E-state index in [0.717, 1.165) is 25.0 Å². The van der Waals surface area contributed by atoms with Gasteiger partial charge < -0.3 is 5.21 Å². The summed E-state index contributed by atoms with van der Waals surface area (Å²) in [7, 11) is 0. The van der Waals surface area contributed by atoms with Crippen molar-refractivity contribution in [1.82, 2.24) is 0 Å². The molecule has 0 heterocycles. The highest BCUT2D eigenvalue weighted by molar-refractivity contribution is 5.85. The molecule has 2 heteroatoms. The topological polar surface area (TPSA) is 32.6 Å². The van der Waals surface area contributed by atoms with Crippen molar-refractivity contribution in [3.8, 4) is 0 Å². The van der Waals surface area contributed by atoms with Crippen molar-refractivity contribution in [3.63, 3.8) is 0 Å². The normalized spacial score (nSPS) is 26.2. The van der Waals surface area contributed by atoms with Gasteiger partial charge >= 0.3 is 0 Å². The number of rotatable bonds is 0. The second kappa shape index (κ2) is 2.70. The number of nitrogens with zero attached hydrogens (tertiary/aromatic N) is 1. The maximum atomic E-state index is 8.26. The van der Waals surface area contributed by atoms with Gasteiger partial charge in [0.1, 0.15) is 0 Å². The summed E-state index contributed by atoms with van der Waals surface area (Å²) in [6, 6.07) is 0. The smallest absolute Gasteiger partial charge is 0.0573 e. The van der Waals surface area contributed by atoms with Gasteiger partial charge in [0.15, 0.2) is 0 Å². The Morgan fingerprint density at radius 3 is 2.88 bits per heavy atom. The zero-order valence-corrected chi connectivity index (χ0v) is 4.80. The largest absolute Gasteiger partial charge is 0.411 e. The first-order chi connectivity index (χ1) is 3.93. The van der Waals surface area contributed by atoms with Crippen molar-refractivity contribution in [2.24, 2.45) is 5.16 Å². The fourth-order valence-corrected chi connectivity index (χ4v) is 0.912. The second-order valence-corrected chi connectivity index (χ2v) is 2.05. The standard InChI is InChI=1S/C6H10NO/c8-7-6-4-2-1-3-5-6/h2,8H,1,3-5H2. The van der Waals surface area contributed by atoms with E-state index < -0.39 is 0 Å². The van der Waals surface area contributed by atoms with E-state index in [1.165, 1.54) is 6.42 Å². The lowest BCUT2D eigenvalue weighted by Gasteiger charge is -2.08. The molecular formula is C6H10NO. The van der Waals surface area contributed by atoms with Crippen LogP contribution >= 0.6 is 0 Å². The Morgan fingerprint density at radius 2 is 2.50 bits per heavy atom. The molecule has 45 valence electrons. The van der Waals surface area contributed by atoms with E-state index in [9.17, 15) is 0 Å². The van der Waals surface area contributed by atoms with Crippen LogP contribution in [0.25, 0.3) is 0 Å². The fourth-order valence-electron chi connectivity index (χ4n) is 0.912. The van der Waals surface area contributed by atoms with Gasteiger partial charge in [-0.05, 0) is 32.1 Å². The van der Waals surface area contributed by atoms with E-state index >= 15 is 0 Å². The van der Waals surface area contributed by atoms with Crippen LogP contribution in [0.5, 0.6) is 0 Å². The Hall–Kier alpha value is -0.530. The lowest BCUT2D eigenvalue weighted by atomic mass is 9.99. The predicted molar refractivity (Wildman–Crippen MR) is 32.0 cm³/mol. The van der Waals surface area contributed by atoms with E-state index in [1.807, 2.05) is 0 Å². The molecule has 0 spiro atoms. The lowest BCUT2D eigenvalue weighted by Crippen LogP contribution is -2.04.